The van der Waals surface area contributed by atoms with Crippen LogP contribution in [0.15, 0.2) is 48.5 Å². The molecule has 0 aliphatic carbocycles. The van der Waals surface area contributed by atoms with E-state index in [1.54, 1.807) is 24.3 Å². The molecule has 126 valence electrons. The van der Waals surface area contributed by atoms with Gasteiger partial charge in [-0.2, -0.15) is 0 Å². The van der Waals surface area contributed by atoms with Gasteiger partial charge in [0.05, 0.1) is 18.7 Å². The molecule has 0 aliphatic rings. The highest BCUT2D eigenvalue weighted by Crippen LogP contribution is 2.12. The maximum absolute atomic E-state index is 12.0. The Labute approximate surface area is 142 Å². The Bertz CT molecular complexity index is 696. The van der Waals surface area contributed by atoms with Crippen LogP contribution < -0.4 is 10.6 Å². The number of hydrogen-bond donors (Lipinski definition) is 2. The van der Waals surface area contributed by atoms with Gasteiger partial charge in [0.2, 0.25) is 5.91 Å². The van der Waals surface area contributed by atoms with Crippen LogP contribution in [0.1, 0.15) is 29.3 Å². The molecule has 0 fully saturated rings. The van der Waals surface area contributed by atoms with Crippen molar-refractivity contribution >= 4 is 23.3 Å². The number of nitrogens with one attached hydrogen (secondary N) is 2. The van der Waals surface area contributed by atoms with Crippen LogP contribution in [-0.2, 0) is 9.53 Å². The predicted molar refractivity (Wildman–Crippen MR) is 95.3 cm³/mol. The van der Waals surface area contributed by atoms with Gasteiger partial charge in [-0.25, -0.2) is 4.79 Å². The number of benzene rings is 2. The van der Waals surface area contributed by atoms with Gasteiger partial charge in [-0.3, -0.25) is 4.79 Å². The van der Waals surface area contributed by atoms with E-state index < -0.39 is 0 Å². The summed E-state index contributed by atoms with van der Waals surface area (Å²) in [5, 5.41) is 5.85. The average Bonchev–Trinajstić information content (AvgIpc) is 2.58. The van der Waals surface area contributed by atoms with Gasteiger partial charge in [0.25, 0.3) is 0 Å². The molecule has 0 spiro atoms. The van der Waals surface area contributed by atoms with Gasteiger partial charge in [-0.15, -0.1) is 0 Å². The Morgan fingerprint density at radius 2 is 1.79 bits per heavy atom. The number of aryl methyl sites for hydroxylation is 1. The molecule has 0 bridgehead atoms. The maximum Gasteiger partial charge on any atom is 0.338 e. The first-order valence-electron chi connectivity index (χ1n) is 7.96. The van der Waals surface area contributed by atoms with Crippen LogP contribution in [0.3, 0.4) is 0 Å². The van der Waals surface area contributed by atoms with Crippen molar-refractivity contribution in [2.75, 3.05) is 23.8 Å². The van der Waals surface area contributed by atoms with Crippen molar-refractivity contribution in [3.05, 3.63) is 59.7 Å². The van der Waals surface area contributed by atoms with Crippen LogP contribution in [-0.4, -0.2) is 25.0 Å². The Hall–Kier alpha value is -2.82. The van der Waals surface area contributed by atoms with E-state index in [1.165, 1.54) is 0 Å². The van der Waals surface area contributed by atoms with E-state index in [-0.39, 0.29) is 18.4 Å². The Balaban J connectivity index is 1.84. The SMILES string of the molecule is CCCOC(=O)c1ccc(NC(=O)CNc2cccc(C)c2)cc1. The Kier molecular flexibility index (Phi) is 6.37. The van der Waals surface area contributed by atoms with E-state index in [1.807, 2.05) is 38.1 Å². The molecule has 0 aromatic heterocycles. The minimum atomic E-state index is -0.351. The van der Waals surface area contributed by atoms with Crippen LogP contribution in [0.4, 0.5) is 11.4 Å². The van der Waals surface area contributed by atoms with E-state index in [0.29, 0.717) is 17.9 Å². The second-order valence-corrected chi connectivity index (χ2v) is 5.48. The fourth-order valence-corrected chi connectivity index (χ4v) is 2.11. The summed E-state index contributed by atoms with van der Waals surface area (Å²) in [6.45, 7) is 4.51. The predicted octanol–water partition coefficient (Wildman–Crippen LogP) is 3.61. The topological polar surface area (TPSA) is 67.4 Å². The smallest absolute Gasteiger partial charge is 0.338 e. The van der Waals surface area contributed by atoms with Crippen molar-refractivity contribution in [3.8, 4) is 0 Å². The van der Waals surface area contributed by atoms with Crippen molar-refractivity contribution in [1.82, 2.24) is 0 Å². The first-order chi connectivity index (χ1) is 11.6. The summed E-state index contributed by atoms with van der Waals surface area (Å²) >= 11 is 0. The number of ether oxygens (including phenoxy) is 1. The lowest BCUT2D eigenvalue weighted by Crippen LogP contribution is -2.21. The molecule has 5 heteroatoms. The minimum absolute atomic E-state index is 0.155. The lowest BCUT2D eigenvalue weighted by atomic mass is 10.2. The first-order valence-corrected chi connectivity index (χ1v) is 7.96. The third-order valence-electron chi connectivity index (χ3n) is 3.31. The van der Waals surface area contributed by atoms with Crippen molar-refractivity contribution < 1.29 is 14.3 Å². The van der Waals surface area contributed by atoms with E-state index >= 15 is 0 Å². The lowest BCUT2D eigenvalue weighted by molar-refractivity contribution is -0.114. The quantitative estimate of drug-likeness (QED) is 0.763. The molecule has 0 unspecified atom stereocenters. The second-order valence-electron chi connectivity index (χ2n) is 5.48. The van der Waals surface area contributed by atoms with E-state index in [9.17, 15) is 9.59 Å². The summed E-state index contributed by atoms with van der Waals surface area (Å²) in [6.07, 6.45) is 0.786. The van der Waals surface area contributed by atoms with Crippen LogP contribution in [0.5, 0.6) is 0 Å². The van der Waals surface area contributed by atoms with Crippen molar-refractivity contribution in [1.29, 1.82) is 0 Å². The van der Waals surface area contributed by atoms with Crippen LogP contribution in [0.2, 0.25) is 0 Å². The number of amides is 1. The molecular weight excluding hydrogens is 304 g/mol. The summed E-state index contributed by atoms with van der Waals surface area (Å²) in [5.74, 6) is -0.506. The van der Waals surface area contributed by atoms with Crippen molar-refractivity contribution in [2.24, 2.45) is 0 Å². The third kappa shape index (κ3) is 5.43. The Morgan fingerprint density at radius 1 is 1.04 bits per heavy atom. The molecule has 2 rings (SSSR count). The van der Waals surface area contributed by atoms with Gasteiger partial charge >= 0.3 is 5.97 Å². The standard InChI is InChI=1S/C19H22N2O3/c1-3-11-24-19(23)15-7-9-16(10-8-15)21-18(22)13-20-17-6-4-5-14(2)12-17/h4-10,12,20H,3,11,13H2,1-2H3,(H,21,22). The molecule has 0 saturated heterocycles. The summed E-state index contributed by atoms with van der Waals surface area (Å²) in [7, 11) is 0. The van der Waals surface area contributed by atoms with Gasteiger partial charge in [0, 0.05) is 11.4 Å². The van der Waals surface area contributed by atoms with Gasteiger partial charge < -0.3 is 15.4 Å². The minimum Gasteiger partial charge on any atom is -0.462 e. The number of hydrogen-bond acceptors (Lipinski definition) is 4. The highest BCUT2D eigenvalue weighted by molar-refractivity contribution is 5.95. The molecule has 0 saturated carbocycles. The normalized spacial score (nSPS) is 10.1. The fraction of sp³-hybridized carbons (Fsp3) is 0.263. The molecule has 2 N–H and O–H groups in total. The first kappa shape index (κ1) is 17.5. The molecule has 5 nitrogen and oxygen atoms in total. The molecule has 0 atom stereocenters. The largest absolute Gasteiger partial charge is 0.462 e. The van der Waals surface area contributed by atoms with Gasteiger partial charge in [-0.1, -0.05) is 19.1 Å². The van der Waals surface area contributed by atoms with Crippen LogP contribution in [0.25, 0.3) is 0 Å². The summed E-state index contributed by atoms with van der Waals surface area (Å²) in [6, 6.07) is 14.5. The third-order valence-corrected chi connectivity index (χ3v) is 3.31. The summed E-state index contributed by atoms with van der Waals surface area (Å²) < 4.78 is 5.06. The molecule has 0 heterocycles. The van der Waals surface area contributed by atoms with Crippen molar-refractivity contribution in [2.45, 2.75) is 20.3 Å². The molecule has 1 amide bonds. The monoisotopic (exact) mass is 326 g/mol. The second kappa shape index (κ2) is 8.72. The summed E-state index contributed by atoms with van der Waals surface area (Å²) in [5.41, 5.74) is 3.14. The van der Waals surface area contributed by atoms with E-state index in [2.05, 4.69) is 10.6 Å². The lowest BCUT2D eigenvalue weighted by Gasteiger charge is -2.09. The zero-order valence-electron chi connectivity index (χ0n) is 14.0. The van der Waals surface area contributed by atoms with E-state index in [0.717, 1.165) is 17.7 Å². The van der Waals surface area contributed by atoms with Crippen LogP contribution >= 0.6 is 0 Å². The number of carbonyl (C=O) groups excluding carboxylic acids is 2. The molecule has 24 heavy (non-hydrogen) atoms. The fourth-order valence-electron chi connectivity index (χ4n) is 2.11. The highest BCUT2D eigenvalue weighted by Gasteiger charge is 2.07. The van der Waals surface area contributed by atoms with Crippen molar-refractivity contribution in [3.63, 3.8) is 0 Å². The number of rotatable bonds is 7. The number of anilines is 2. The van der Waals surface area contributed by atoms with Crippen LogP contribution in [0, 0.1) is 6.92 Å². The average molecular weight is 326 g/mol. The molecule has 2 aromatic rings. The molecule has 0 radical (unpaired) electrons. The highest BCUT2D eigenvalue weighted by atomic mass is 16.5. The zero-order valence-corrected chi connectivity index (χ0v) is 14.0. The molecule has 2 aromatic carbocycles. The van der Waals surface area contributed by atoms with Gasteiger partial charge in [0.15, 0.2) is 0 Å². The molecule has 0 aliphatic heterocycles. The maximum atomic E-state index is 12.0. The van der Waals surface area contributed by atoms with E-state index in [4.69, 9.17) is 4.74 Å². The number of carbonyl (C=O) groups is 2. The Morgan fingerprint density at radius 3 is 2.46 bits per heavy atom. The number of esters is 1. The van der Waals surface area contributed by atoms with Gasteiger partial charge in [0.1, 0.15) is 0 Å². The zero-order chi connectivity index (χ0) is 17.4. The van der Waals surface area contributed by atoms with Gasteiger partial charge in [-0.05, 0) is 55.3 Å². The molecular formula is C19H22N2O3. The summed E-state index contributed by atoms with van der Waals surface area (Å²) in [4.78, 5) is 23.7.